The molecule has 1 amide bonds. The number of carbonyl (C=O) groups excluding carboxylic acids is 1. The highest BCUT2D eigenvalue weighted by Crippen LogP contribution is 2.32. The highest BCUT2D eigenvalue weighted by molar-refractivity contribution is 5.96. The second kappa shape index (κ2) is 10.6. The first kappa shape index (κ1) is 22.4. The van der Waals surface area contributed by atoms with E-state index in [0.29, 0.717) is 30.3 Å². The number of benzene rings is 3. The zero-order valence-electron chi connectivity index (χ0n) is 18.5. The Balaban J connectivity index is 1.72. The van der Waals surface area contributed by atoms with Crippen LogP contribution in [0.1, 0.15) is 34.0 Å². The summed E-state index contributed by atoms with van der Waals surface area (Å²) >= 11 is 0. The average molecular weight is 420 g/mol. The molecule has 162 valence electrons. The van der Waals surface area contributed by atoms with Crippen molar-refractivity contribution in [3.05, 3.63) is 95.1 Å². The summed E-state index contributed by atoms with van der Waals surface area (Å²) in [6, 6.07) is 23.4. The van der Waals surface area contributed by atoms with E-state index >= 15 is 0 Å². The summed E-state index contributed by atoms with van der Waals surface area (Å²) in [6.45, 7) is 4.58. The van der Waals surface area contributed by atoms with E-state index in [1.54, 1.807) is 25.1 Å². The van der Waals surface area contributed by atoms with Gasteiger partial charge in [0.05, 0.1) is 13.7 Å². The molecule has 0 heterocycles. The van der Waals surface area contributed by atoms with Crippen molar-refractivity contribution in [2.75, 3.05) is 14.2 Å². The Morgan fingerprint density at radius 3 is 2.06 bits per heavy atom. The lowest BCUT2D eigenvalue weighted by Crippen LogP contribution is -2.37. The molecule has 0 fully saturated rings. The Hall–Kier alpha value is -3.31. The van der Waals surface area contributed by atoms with Crippen LogP contribution in [-0.2, 0) is 18.0 Å². The number of aryl methyl sites for hydroxylation is 1. The number of carbonyl (C=O) groups is 1. The van der Waals surface area contributed by atoms with Crippen LogP contribution in [0.3, 0.4) is 0 Å². The van der Waals surface area contributed by atoms with Gasteiger partial charge in [0.2, 0.25) is 0 Å². The maximum Gasteiger partial charge on any atom is 0.256 e. The monoisotopic (exact) mass is 419 g/mol. The van der Waals surface area contributed by atoms with E-state index in [-0.39, 0.29) is 12.1 Å². The summed E-state index contributed by atoms with van der Waals surface area (Å²) in [5.74, 6) is 0.998. The van der Waals surface area contributed by atoms with E-state index in [9.17, 15) is 4.79 Å². The molecule has 0 radical (unpaired) electrons. The highest BCUT2D eigenvalue weighted by Gasteiger charge is 2.22. The molecule has 0 aliphatic rings. The first-order chi connectivity index (χ1) is 15.0. The first-order valence-electron chi connectivity index (χ1n) is 10.3. The second-order valence-corrected chi connectivity index (χ2v) is 7.40. The maximum atomic E-state index is 13.2. The van der Waals surface area contributed by atoms with Crippen molar-refractivity contribution in [2.24, 2.45) is 0 Å². The van der Waals surface area contributed by atoms with E-state index in [1.807, 2.05) is 80.6 Å². The smallest absolute Gasteiger partial charge is 0.256 e. The molecular weight excluding hydrogens is 390 g/mol. The van der Waals surface area contributed by atoms with Crippen molar-refractivity contribution >= 4 is 5.91 Å². The number of ether oxygens (including phenoxy) is 3. The second-order valence-electron chi connectivity index (χ2n) is 7.40. The van der Waals surface area contributed by atoms with Crippen LogP contribution >= 0.6 is 0 Å². The van der Waals surface area contributed by atoms with Gasteiger partial charge in [-0.3, -0.25) is 4.79 Å². The first-order valence-corrected chi connectivity index (χ1v) is 10.3. The third kappa shape index (κ3) is 5.86. The Bertz CT molecular complexity index is 989. The molecule has 0 saturated carbocycles. The summed E-state index contributed by atoms with van der Waals surface area (Å²) in [6.07, 6.45) is -0.386. The molecule has 5 nitrogen and oxygen atoms in total. The molecule has 0 spiro atoms. The maximum absolute atomic E-state index is 13.2. The highest BCUT2D eigenvalue weighted by atomic mass is 16.5. The van der Waals surface area contributed by atoms with Crippen molar-refractivity contribution in [1.82, 2.24) is 4.90 Å². The average Bonchev–Trinajstić information content (AvgIpc) is 2.81. The molecule has 3 rings (SSSR count). The normalized spacial score (nSPS) is 11.6. The van der Waals surface area contributed by atoms with Crippen molar-refractivity contribution in [3.8, 4) is 11.5 Å². The fourth-order valence-corrected chi connectivity index (χ4v) is 3.16. The van der Waals surface area contributed by atoms with E-state index < -0.39 is 0 Å². The lowest BCUT2D eigenvalue weighted by Gasteiger charge is -2.26. The van der Waals surface area contributed by atoms with Gasteiger partial charge in [0.15, 0.2) is 11.5 Å². The zero-order valence-corrected chi connectivity index (χ0v) is 18.5. The minimum atomic E-state index is -0.386. The molecule has 0 N–H and O–H groups in total. The molecule has 0 bridgehead atoms. The number of amides is 1. The molecule has 0 aromatic heterocycles. The van der Waals surface area contributed by atoms with Gasteiger partial charge in [0, 0.05) is 12.6 Å². The molecule has 1 unspecified atom stereocenters. The van der Waals surface area contributed by atoms with Crippen LogP contribution in [0, 0.1) is 6.92 Å². The van der Waals surface area contributed by atoms with Gasteiger partial charge >= 0.3 is 0 Å². The van der Waals surface area contributed by atoms with Crippen LogP contribution in [0.25, 0.3) is 0 Å². The summed E-state index contributed by atoms with van der Waals surface area (Å²) in [7, 11) is 3.34. The molecule has 0 aliphatic heterocycles. The molecule has 1 atom stereocenters. The van der Waals surface area contributed by atoms with Crippen molar-refractivity contribution in [3.63, 3.8) is 0 Å². The predicted octanol–water partition coefficient (Wildman–Crippen LogP) is 5.22. The number of nitrogens with zero attached hydrogens (tertiary/aromatic N) is 1. The molecule has 0 saturated heterocycles. The summed E-state index contributed by atoms with van der Waals surface area (Å²) < 4.78 is 17.4. The number of hydrogen-bond donors (Lipinski definition) is 0. The third-order valence-electron chi connectivity index (χ3n) is 5.18. The lowest BCUT2D eigenvalue weighted by atomic mass is 10.1. The molecule has 3 aromatic rings. The van der Waals surface area contributed by atoms with Gasteiger partial charge < -0.3 is 19.1 Å². The fourth-order valence-electron chi connectivity index (χ4n) is 3.16. The summed E-state index contributed by atoms with van der Waals surface area (Å²) in [4.78, 5) is 14.8. The topological polar surface area (TPSA) is 48.0 Å². The van der Waals surface area contributed by atoms with Gasteiger partial charge in [0.25, 0.3) is 5.91 Å². The molecule has 0 aliphatic carbocycles. The van der Waals surface area contributed by atoms with Gasteiger partial charge in [-0.25, -0.2) is 0 Å². The summed E-state index contributed by atoms with van der Waals surface area (Å²) in [5.41, 5.74) is 3.48. The molecule has 31 heavy (non-hydrogen) atoms. The quantitative estimate of drug-likeness (QED) is 0.446. The Kier molecular flexibility index (Phi) is 7.68. The summed E-state index contributed by atoms with van der Waals surface area (Å²) in [5, 5.41) is 0. The van der Waals surface area contributed by atoms with Crippen LogP contribution in [0.4, 0.5) is 0 Å². The third-order valence-corrected chi connectivity index (χ3v) is 5.18. The minimum Gasteiger partial charge on any atom is -0.493 e. The Morgan fingerprint density at radius 2 is 1.48 bits per heavy atom. The van der Waals surface area contributed by atoms with Gasteiger partial charge in [0.1, 0.15) is 12.8 Å². The van der Waals surface area contributed by atoms with Gasteiger partial charge in [-0.1, -0.05) is 60.7 Å². The van der Waals surface area contributed by atoms with Crippen LogP contribution in [-0.4, -0.2) is 31.2 Å². The number of hydrogen-bond acceptors (Lipinski definition) is 4. The van der Waals surface area contributed by atoms with Crippen LogP contribution in [0.5, 0.6) is 11.5 Å². The molecular formula is C26H29NO4. The SMILES string of the molecule is COc1cc(C)c(C(=O)N(C)C(C)OCc2ccccc2)cc1OCc1ccccc1. The van der Waals surface area contributed by atoms with E-state index in [1.165, 1.54) is 0 Å². The Labute approximate surface area is 184 Å². The minimum absolute atomic E-state index is 0.134. The molecule has 5 heteroatoms. The van der Waals surface area contributed by atoms with E-state index in [0.717, 1.165) is 16.7 Å². The van der Waals surface area contributed by atoms with Crippen molar-refractivity contribution in [2.45, 2.75) is 33.3 Å². The van der Waals surface area contributed by atoms with Crippen LogP contribution in [0.2, 0.25) is 0 Å². The van der Waals surface area contributed by atoms with Gasteiger partial charge in [-0.15, -0.1) is 0 Å². The predicted molar refractivity (Wildman–Crippen MR) is 121 cm³/mol. The lowest BCUT2D eigenvalue weighted by molar-refractivity contribution is -0.0331. The van der Waals surface area contributed by atoms with Crippen molar-refractivity contribution < 1.29 is 19.0 Å². The number of rotatable bonds is 9. The van der Waals surface area contributed by atoms with E-state index in [2.05, 4.69) is 0 Å². The van der Waals surface area contributed by atoms with Crippen molar-refractivity contribution in [1.29, 1.82) is 0 Å². The van der Waals surface area contributed by atoms with Gasteiger partial charge in [-0.2, -0.15) is 0 Å². The van der Waals surface area contributed by atoms with Gasteiger partial charge in [-0.05, 0) is 42.7 Å². The van der Waals surface area contributed by atoms with Crippen LogP contribution in [0.15, 0.2) is 72.8 Å². The van der Waals surface area contributed by atoms with Crippen LogP contribution < -0.4 is 9.47 Å². The largest absolute Gasteiger partial charge is 0.493 e. The zero-order chi connectivity index (χ0) is 22.2. The molecule has 3 aromatic carbocycles. The Morgan fingerprint density at radius 1 is 0.903 bits per heavy atom. The fraction of sp³-hybridized carbons (Fsp3) is 0.269. The standard InChI is InChI=1S/C26H29NO4/c1-19-15-24(29-4)25(31-18-22-13-9-6-10-14-22)16-23(19)26(28)27(3)20(2)30-17-21-11-7-5-8-12-21/h5-16,20H,17-18H2,1-4H3. The number of methoxy groups -OCH3 is 1. The van der Waals surface area contributed by atoms with E-state index in [4.69, 9.17) is 14.2 Å².